The van der Waals surface area contributed by atoms with Gasteiger partial charge in [0.05, 0.1) is 0 Å². The van der Waals surface area contributed by atoms with Gasteiger partial charge in [0.2, 0.25) is 0 Å². The molecule has 1 N–H and O–H groups in total. The Hall–Kier alpha value is -0.830. The van der Waals surface area contributed by atoms with E-state index >= 15 is 0 Å². The van der Waals surface area contributed by atoms with Gasteiger partial charge in [-0.15, -0.1) is 0 Å². The van der Waals surface area contributed by atoms with E-state index in [9.17, 15) is 4.79 Å². The van der Waals surface area contributed by atoms with Gasteiger partial charge in [-0.05, 0) is 32.2 Å². The first kappa shape index (κ1) is 11.2. The van der Waals surface area contributed by atoms with Crippen molar-refractivity contribution < 1.29 is 9.53 Å². The zero-order valence-electron chi connectivity index (χ0n) is 8.84. The summed E-state index contributed by atoms with van der Waals surface area (Å²) in [5.41, 5.74) is 0.583. The largest absolute Gasteiger partial charge is 0.443 e. The average molecular weight is 197 g/mol. The second kappa shape index (κ2) is 5.81. The van der Waals surface area contributed by atoms with Crippen LogP contribution in [0.4, 0.5) is 0 Å². The molecule has 0 aromatic heterocycles. The summed E-state index contributed by atoms with van der Waals surface area (Å²) >= 11 is 0. The Bertz CT molecular complexity index is 207. The predicted octanol–water partition coefficient (Wildman–Crippen LogP) is 1.99. The van der Waals surface area contributed by atoms with Crippen LogP contribution in [0, 0.1) is 0 Å². The van der Waals surface area contributed by atoms with E-state index < -0.39 is 0 Å². The third-order valence-corrected chi connectivity index (χ3v) is 2.35. The van der Waals surface area contributed by atoms with E-state index in [1.54, 1.807) is 0 Å². The van der Waals surface area contributed by atoms with Gasteiger partial charge in [-0.2, -0.15) is 0 Å². The molecule has 1 fully saturated rings. The number of esters is 1. The van der Waals surface area contributed by atoms with E-state index in [1.165, 1.54) is 6.42 Å². The third kappa shape index (κ3) is 3.50. The highest BCUT2D eigenvalue weighted by Crippen LogP contribution is 2.11. The Kier molecular flexibility index (Phi) is 4.66. The molecule has 0 aromatic carbocycles. The number of rotatable bonds is 4. The first-order chi connectivity index (χ1) is 6.74. The summed E-state index contributed by atoms with van der Waals surface area (Å²) in [5.74, 6) is -0.244. The van der Waals surface area contributed by atoms with Crippen LogP contribution >= 0.6 is 0 Å². The summed E-state index contributed by atoms with van der Waals surface area (Å²) in [6.45, 7) is 6.68. The highest BCUT2D eigenvalue weighted by molar-refractivity contribution is 5.87. The minimum atomic E-state index is -0.244. The molecule has 1 atom stereocenters. The van der Waals surface area contributed by atoms with Crippen LogP contribution in [0.15, 0.2) is 12.2 Å². The van der Waals surface area contributed by atoms with Gasteiger partial charge in [0.15, 0.2) is 6.23 Å². The zero-order chi connectivity index (χ0) is 10.4. The van der Waals surface area contributed by atoms with Crippen LogP contribution in [0.3, 0.4) is 0 Å². The second-order valence-electron chi connectivity index (χ2n) is 3.70. The maximum absolute atomic E-state index is 11.4. The molecule has 0 bridgehead atoms. The van der Waals surface area contributed by atoms with E-state index in [-0.39, 0.29) is 12.2 Å². The molecule has 0 spiro atoms. The van der Waals surface area contributed by atoms with Crippen LogP contribution in [-0.4, -0.2) is 18.7 Å². The zero-order valence-corrected chi connectivity index (χ0v) is 8.84. The SMILES string of the molecule is C=C(CCC)C(=O)OC1CCCCN1. The van der Waals surface area contributed by atoms with Crippen LogP contribution in [0.2, 0.25) is 0 Å². The normalized spacial score (nSPS) is 21.6. The van der Waals surface area contributed by atoms with Gasteiger partial charge in [0.25, 0.3) is 0 Å². The van der Waals surface area contributed by atoms with Crippen molar-refractivity contribution in [2.45, 2.75) is 45.3 Å². The summed E-state index contributed by atoms with van der Waals surface area (Å²) in [7, 11) is 0. The van der Waals surface area contributed by atoms with Crippen molar-refractivity contribution in [2.24, 2.45) is 0 Å². The van der Waals surface area contributed by atoms with Crippen LogP contribution in [0.1, 0.15) is 39.0 Å². The number of hydrogen-bond donors (Lipinski definition) is 1. The molecular formula is C11H19NO2. The number of nitrogens with one attached hydrogen (secondary N) is 1. The average Bonchev–Trinajstić information content (AvgIpc) is 2.19. The number of piperidine rings is 1. The molecule has 0 aliphatic carbocycles. The van der Waals surface area contributed by atoms with Gasteiger partial charge in [-0.25, -0.2) is 4.79 Å². The summed E-state index contributed by atoms with van der Waals surface area (Å²) < 4.78 is 5.26. The van der Waals surface area contributed by atoms with E-state index in [0.29, 0.717) is 5.57 Å². The molecule has 1 saturated heterocycles. The molecule has 80 valence electrons. The van der Waals surface area contributed by atoms with Gasteiger partial charge < -0.3 is 4.74 Å². The first-order valence-electron chi connectivity index (χ1n) is 5.36. The van der Waals surface area contributed by atoms with Crippen molar-refractivity contribution in [3.05, 3.63) is 12.2 Å². The van der Waals surface area contributed by atoms with Gasteiger partial charge in [0.1, 0.15) is 0 Å². The van der Waals surface area contributed by atoms with Crippen molar-refractivity contribution in [1.29, 1.82) is 0 Å². The number of ether oxygens (including phenoxy) is 1. The lowest BCUT2D eigenvalue weighted by Gasteiger charge is -2.23. The molecule has 0 aromatic rings. The van der Waals surface area contributed by atoms with E-state index in [4.69, 9.17) is 4.74 Å². The third-order valence-electron chi connectivity index (χ3n) is 2.35. The summed E-state index contributed by atoms with van der Waals surface area (Å²) in [6, 6.07) is 0. The van der Waals surface area contributed by atoms with Gasteiger partial charge in [-0.1, -0.05) is 19.9 Å². The van der Waals surface area contributed by atoms with Crippen LogP contribution < -0.4 is 5.32 Å². The van der Waals surface area contributed by atoms with Gasteiger partial charge >= 0.3 is 5.97 Å². The fraction of sp³-hybridized carbons (Fsp3) is 0.727. The Morgan fingerprint density at radius 3 is 2.93 bits per heavy atom. The molecule has 1 aliphatic rings. The monoisotopic (exact) mass is 197 g/mol. The quantitative estimate of drug-likeness (QED) is 0.553. The van der Waals surface area contributed by atoms with Crippen molar-refractivity contribution in [3.63, 3.8) is 0 Å². The standard InChI is InChI=1S/C11H19NO2/c1-3-6-9(2)11(13)14-10-7-4-5-8-12-10/h10,12H,2-8H2,1H3. The van der Waals surface area contributed by atoms with Crippen molar-refractivity contribution in [1.82, 2.24) is 5.32 Å². The molecule has 1 heterocycles. The highest BCUT2D eigenvalue weighted by atomic mass is 16.6. The smallest absolute Gasteiger partial charge is 0.334 e. The molecule has 14 heavy (non-hydrogen) atoms. The maximum Gasteiger partial charge on any atom is 0.334 e. The fourth-order valence-electron chi connectivity index (χ4n) is 1.54. The molecule has 1 unspecified atom stereocenters. The molecule has 3 heteroatoms. The summed E-state index contributed by atoms with van der Waals surface area (Å²) in [4.78, 5) is 11.4. The van der Waals surface area contributed by atoms with Crippen molar-refractivity contribution in [3.8, 4) is 0 Å². The van der Waals surface area contributed by atoms with Crippen molar-refractivity contribution >= 4 is 5.97 Å². The van der Waals surface area contributed by atoms with Gasteiger partial charge in [0, 0.05) is 5.57 Å². The molecule has 1 aliphatic heterocycles. The van der Waals surface area contributed by atoms with E-state index in [0.717, 1.165) is 32.2 Å². The Morgan fingerprint density at radius 2 is 2.36 bits per heavy atom. The van der Waals surface area contributed by atoms with Crippen LogP contribution in [0.5, 0.6) is 0 Å². The van der Waals surface area contributed by atoms with E-state index in [2.05, 4.69) is 11.9 Å². The van der Waals surface area contributed by atoms with Crippen LogP contribution in [0.25, 0.3) is 0 Å². The number of carbonyl (C=O) groups excluding carboxylic acids is 1. The molecule has 0 amide bonds. The Balaban J connectivity index is 2.28. The predicted molar refractivity (Wildman–Crippen MR) is 55.8 cm³/mol. The number of carbonyl (C=O) groups is 1. The molecular weight excluding hydrogens is 178 g/mol. The van der Waals surface area contributed by atoms with Crippen LogP contribution in [-0.2, 0) is 9.53 Å². The highest BCUT2D eigenvalue weighted by Gasteiger charge is 2.17. The topological polar surface area (TPSA) is 38.3 Å². The Labute approximate surface area is 85.5 Å². The number of hydrogen-bond acceptors (Lipinski definition) is 3. The van der Waals surface area contributed by atoms with E-state index in [1.807, 2.05) is 6.92 Å². The summed E-state index contributed by atoms with van der Waals surface area (Å²) in [5, 5.41) is 3.16. The fourth-order valence-corrected chi connectivity index (χ4v) is 1.54. The molecule has 1 rings (SSSR count). The Morgan fingerprint density at radius 1 is 1.57 bits per heavy atom. The van der Waals surface area contributed by atoms with Gasteiger partial charge in [-0.3, -0.25) is 5.32 Å². The second-order valence-corrected chi connectivity index (χ2v) is 3.70. The molecule has 0 radical (unpaired) electrons. The minimum absolute atomic E-state index is 0.0927. The van der Waals surface area contributed by atoms with Crippen molar-refractivity contribution in [2.75, 3.05) is 6.54 Å². The maximum atomic E-state index is 11.4. The molecule has 0 saturated carbocycles. The minimum Gasteiger partial charge on any atom is -0.443 e. The molecule has 3 nitrogen and oxygen atoms in total. The lowest BCUT2D eigenvalue weighted by molar-refractivity contribution is -0.147. The first-order valence-corrected chi connectivity index (χ1v) is 5.36. The lowest BCUT2D eigenvalue weighted by atomic mass is 10.1. The lowest BCUT2D eigenvalue weighted by Crippen LogP contribution is -2.37. The summed E-state index contributed by atoms with van der Waals surface area (Å²) in [6.07, 6.45) is 4.79.